The quantitative estimate of drug-likeness (QED) is 0.843. The smallest absolute Gasteiger partial charge is 0.0662 e. The van der Waals surface area contributed by atoms with E-state index in [0.717, 1.165) is 6.42 Å². The van der Waals surface area contributed by atoms with Gasteiger partial charge in [0, 0.05) is 0 Å². The van der Waals surface area contributed by atoms with Crippen molar-refractivity contribution in [2.24, 2.45) is 5.73 Å². The van der Waals surface area contributed by atoms with Gasteiger partial charge in [-0.15, -0.1) is 24.0 Å². The van der Waals surface area contributed by atoms with E-state index in [0.29, 0.717) is 0 Å². The molecule has 0 atom stereocenters. The Labute approximate surface area is 120 Å². The maximum absolute atomic E-state index is 6.54. The van der Waals surface area contributed by atoms with Gasteiger partial charge in [0.2, 0.25) is 0 Å². The average Bonchev–Trinajstić information content (AvgIpc) is 2.40. The van der Waals surface area contributed by atoms with E-state index in [9.17, 15) is 0 Å². The summed E-state index contributed by atoms with van der Waals surface area (Å²) in [6, 6.07) is 20.6. The molecule has 0 aliphatic heterocycles. The number of halogens is 1. The second-order valence-electron chi connectivity index (χ2n) is 4.06. The van der Waals surface area contributed by atoms with E-state index in [1.165, 1.54) is 11.1 Å². The Morgan fingerprint density at radius 3 is 1.47 bits per heavy atom. The lowest BCUT2D eigenvalue weighted by Gasteiger charge is -2.29. The highest BCUT2D eigenvalue weighted by atomic mass is 127. The van der Waals surface area contributed by atoms with Gasteiger partial charge in [-0.2, -0.15) is 0 Å². The Morgan fingerprint density at radius 2 is 1.18 bits per heavy atom. The van der Waals surface area contributed by atoms with E-state index in [1.807, 2.05) is 36.4 Å². The highest BCUT2D eigenvalue weighted by molar-refractivity contribution is 14.0. The van der Waals surface area contributed by atoms with Crippen LogP contribution < -0.4 is 5.73 Å². The van der Waals surface area contributed by atoms with Gasteiger partial charge in [-0.25, -0.2) is 0 Å². The molecule has 0 bridgehead atoms. The van der Waals surface area contributed by atoms with Crippen LogP contribution in [0, 0.1) is 0 Å². The molecule has 2 aromatic rings. The number of benzene rings is 2. The first kappa shape index (κ1) is 14.2. The first-order chi connectivity index (χ1) is 7.77. The number of hydrogen-bond donors (Lipinski definition) is 1. The zero-order valence-electron chi connectivity index (χ0n) is 9.97. The van der Waals surface area contributed by atoms with Crippen molar-refractivity contribution < 1.29 is 0 Å². The van der Waals surface area contributed by atoms with Crippen molar-refractivity contribution in [3.63, 3.8) is 0 Å². The third kappa shape index (κ3) is 2.87. The fourth-order valence-electron chi connectivity index (χ4n) is 2.05. The number of nitrogens with two attached hydrogens (primary N) is 1. The minimum Gasteiger partial charge on any atom is -0.318 e. The molecule has 2 aromatic carbocycles. The molecule has 90 valence electrons. The van der Waals surface area contributed by atoms with Gasteiger partial charge < -0.3 is 5.73 Å². The molecule has 0 unspecified atom stereocenters. The molecule has 0 fully saturated rings. The summed E-state index contributed by atoms with van der Waals surface area (Å²) in [5, 5.41) is 0. The summed E-state index contributed by atoms with van der Waals surface area (Å²) < 4.78 is 0. The van der Waals surface area contributed by atoms with Crippen molar-refractivity contribution in [3.05, 3.63) is 71.8 Å². The van der Waals surface area contributed by atoms with Crippen LogP contribution in [-0.2, 0) is 5.54 Å². The van der Waals surface area contributed by atoms with Crippen molar-refractivity contribution in [3.8, 4) is 0 Å². The molecule has 1 nitrogen and oxygen atoms in total. The van der Waals surface area contributed by atoms with Gasteiger partial charge in [0.25, 0.3) is 0 Å². The fraction of sp³-hybridized carbons (Fsp3) is 0.200. The predicted octanol–water partition coefficient (Wildman–Crippen LogP) is 3.92. The zero-order chi connectivity index (χ0) is 11.4. The van der Waals surface area contributed by atoms with Crippen molar-refractivity contribution in [2.75, 3.05) is 0 Å². The maximum Gasteiger partial charge on any atom is 0.0662 e. The van der Waals surface area contributed by atoms with Gasteiger partial charge in [-0.05, 0) is 17.5 Å². The lowest BCUT2D eigenvalue weighted by atomic mass is 9.82. The van der Waals surface area contributed by atoms with Crippen molar-refractivity contribution >= 4 is 24.0 Å². The fourth-order valence-corrected chi connectivity index (χ4v) is 2.05. The summed E-state index contributed by atoms with van der Waals surface area (Å²) in [4.78, 5) is 0. The third-order valence-corrected chi connectivity index (χ3v) is 3.14. The Bertz CT molecular complexity index is 399. The van der Waals surface area contributed by atoms with Crippen LogP contribution in [-0.4, -0.2) is 0 Å². The molecule has 2 rings (SSSR count). The summed E-state index contributed by atoms with van der Waals surface area (Å²) in [6.07, 6.45) is 0.890. The second-order valence-corrected chi connectivity index (χ2v) is 4.06. The van der Waals surface area contributed by atoms with Crippen molar-refractivity contribution in [2.45, 2.75) is 18.9 Å². The van der Waals surface area contributed by atoms with E-state index in [-0.39, 0.29) is 29.5 Å². The molecular formula is C15H18IN. The van der Waals surface area contributed by atoms with Crippen LogP contribution in [0.3, 0.4) is 0 Å². The van der Waals surface area contributed by atoms with Crippen LogP contribution in [0.1, 0.15) is 24.5 Å². The lowest BCUT2D eigenvalue weighted by Crippen LogP contribution is -2.37. The van der Waals surface area contributed by atoms with E-state index >= 15 is 0 Å². The van der Waals surface area contributed by atoms with Gasteiger partial charge in [-0.1, -0.05) is 67.6 Å². The molecule has 2 N–H and O–H groups in total. The van der Waals surface area contributed by atoms with Crippen molar-refractivity contribution in [1.82, 2.24) is 0 Å². The molecule has 0 aliphatic carbocycles. The summed E-state index contributed by atoms with van der Waals surface area (Å²) in [5.74, 6) is 0. The van der Waals surface area contributed by atoms with E-state index < -0.39 is 0 Å². The lowest BCUT2D eigenvalue weighted by molar-refractivity contribution is 0.519. The predicted molar refractivity (Wildman–Crippen MR) is 83.6 cm³/mol. The van der Waals surface area contributed by atoms with Crippen LogP contribution in [0.25, 0.3) is 0 Å². The summed E-state index contributed by atoms with van der Waals surface area (Å²) >= 11 is 0. The monoisotopic (exact) mass is 339 g/mol. The molecule has 0 saturated heterocycles. The van der Waals surface area contributed by atoms with E-state index in [4.69, 9.17) is 5.73 Å². The standard InChI is InChI=1S/C15H17N.HI/c1-2-15(16,13-9-5-3-6-10-13)14-11-7-4-8-12-14;/h3-12H,2,16H2,1H3;1H. The van der Waals surface area contributed by atoms with Gasteiger partial charge in [0.05, 0.1) is 5.54 Å². The SMILES string of the molecule is CCC(N)(c1ccccc1)c1ccccc1.I. The Hall–Kier alpha value is -0.870. The van der Waals surface area contributed by atoms with Gasteiger partial charge in [-0.3, -0.25) is 0 Å². The minimum absolute atomic E-state index is 0. The molecule has 0 saturated carbocycles. The number of hydrogen-bond acceptors (Lipinski definition) is 1. The van der Waals surface area contributed by atoms with Crippen LogP contribution >= 0.6 is 24.0 Å². The largest absolute Gasteiger partial charge is 0.318 e. The highest BCUT2D eigenvalue weighted by Gasteiger charge is 2.26. The molecule has 0 aromatic heterocycles. The van der Waals surface area contributed by atoms with E-state index in [2.05, 4.69) is 31.2 Å². The zero-order valence-corrected chi connectivity index (χ0v) is 12.3. The topological polar surface area (TPSA) is 26.0 Å². The van der Waals surface area contributed by atoms with Crippen LogP contribution in [0.15, 0.2) is 60.7 Å². The Kier molecular flexibility index (Phi) is 5.15. The summed E-state index contributed by atoms with van der Waals surface area (Å²) in [6.45, 7) is 2.12. The minimum atomic E-state index is -0.372. The average molecular weight is 339 g/mol. The molecule has 0 heterocycles. The Balaban J connectivity index is 0.00000144. The van der Waals surface area contributed by atoms with Gasteiger partial charge >= 0.3 is 0 Å². The normalized spacial score (nSPS) is 10.7. The van der Waals surface area contributed by atoms with Crippen LogP contribution in [0.2, 0.25) is 0 Å². The molecule has 17 heavy (non-hydrogen) atoms. The van der Waals surface area contributed by atoms with Gasteiger partial charge in [0.1, 0.15) is 0 Å². The highest BCUT2D eigenvalue weighted by Crippen LogP contribution is 2.29. The number of rotatable bonds is 3. The second kappa shape index (κ2) is 6.17. The Morgan fingerprint density at radius 1 is 0.824 bits per heavy atom. The van der Waals surface area contributed by atoms with Crippen molar-refractivity contribution in [1.29, 1.82) is 0 Å². The van der Waals surface area contributed by atoms with Crippen LogP contribution in [0.5, 0.6) is 0 Å². The molecule has 0 radical (unpaired) electrons. The molecule has 0 aliphatic rings. The molecule has 2 heteroatoms. The molecular weight excluding hydrogens is 321 g/mol. The van der Waals surface area contributed by atoms with E-state index in [1.54, 1.807) is 0 Å². The summed E-state index contributed by atoms with van der Waals surface area (Å²) in [7, 11) is 0. The van der Waals surface area contributed by atoms with Crippen LogP contribution in [0.4, 0.5) is 0 Å². The third-order valence-electron chi connectivity index (χ3n) is 3.14. The van der Waals surface area contributed by atoms with Gasteiger partial charge in [0.15, 0.2) is 0 Å². The maximum atomic E-state index is 6.54. The molecule has 0 spiro atoms. The summed E-state index contributed by atoms with van der Waals surface area (Å²) in [5.41, 5.74) is 8.51. The first-order valence-electron chi connectivity index (χ1n) is 5.67. The molecule has 0 amide bonds. The first-order valence-corrected chi connectivity index (χ1v) is 5.67.